The van der Waals surface area contributed by atoms with Crippen molar-refractivity contribution in [3.8, 4) is 11.8 Å². The van der Waals surface area contributed by atoms with E-state index in [9.17, 15) is 4.39 Å². The van der Waals surface area contributed by atoms with Crippen LogP contribution in [0.25, 0.3) is 6.08 Å². The molecule has 1 aromatic rings. The minimum absolute atomic E-state index is 0.294. The Morgan fingerprint density at radius 1 is 1.54 bits per heavy atom. The lowest BCUT2D eigenvalue weighted by Crippen LogP contribution is -1.77. The molecule has 0 unspecified atom stereocenters. The van der Waals surface area contributed by atoms with Crippen molar-refractivity contribution in [3.63, 3.8) is 0 Å². The van der Waals surface area contributed by atoms with Gasteiger partial charge >= 0.3 is 0 Å². The highest BCUT2D eigenvalue weighted by Gasteiger charge is 1.98. The Hall–Kier alpha value is -1.82. The van der Waals surface area contributed by atoms with Crippen LogP contribution in [0.1, 0.15) is 12.0 Å². The lowest BCUT2D eigenvalue weighted by molar-refractivity contribution is 0.432. The zero-order valence-electron chi connectivity index (χ0n) is 6.87. The molecule has 0 aromatic heterocycles. The molecule has 0 saturated heterocycles. The van der Waals surface area contributed by atoms with Gasteiger partial charge in [-0.05, 0) is 17.7 Å². The number of halogens is 1. The quantitative estimate of drug-likeness (QED) is 0.754. The van der Waals surface area contributed by atoms with Gasteiger partial charge in [0.25, 0.3) is 0 Å². The fraction of sp³-hybridized carbons (Fsp3) is 0.100. The van der Waals surface area contributed by atoms with Crippen LogP contribution in [0.2, 0.25) is 0 Å². The Kier molecular flexibility index (Phi) is 3.04. The van der Waals surface area contributed by atoms with E-state index in [0.717, 1.165) is 0 Å². The number of phenols is 1. The largest absolute Gasteiger partial charge is 0.505 e. The van der Waals surface area contributed by atoms with Crippen LogP contribution >= 0.6 is 0 Å². The van der Waals surface area contributed by atoms with Crippen LogP contribution in [0.5, 0.6) is 5.75 Å². The molecule has 0 aliphatic heterocycles. The summed E-state index contributed by atoms with van der Waals surface area (Å²) < 4.78 is 12.7. The molecule has 0 amide bonds. The number of hydrogen-bond acceptors (Lipinski definition) is 2. The first kappa shape index (κ1) is 9.27. The Morgan fingerprint density at radius 2 is 2.31 bits per heavy atom. The zero-order valence-corrected chi connectivity index (χ0v) is 6.87. The van der Waals surface area contributed by atoms with Crippen molar-refractivity contribution < 1.29 is 9.50 Å². The standard InChI is InChI=1S/C10H8FNO/c11-9-7-8(3-1-2-6-12)4-5-10(9)13/h1,3-5,7,13H,2H2. The molecule has 1 rings (SSSR count). The van der Waals surface area contributed by atoms with E-state index in [0.29, 0.717) is 12.0 Å². The van der Waals surface area contributed by atoms with Crippen LogP contribution in [0.3, 0.4) is 0 Å². The van der Waals surface area contributed by atoms with Gasteiger partial charge in [0.05, 0.1) is 12.5 Å². The van der Waals surface area contributed by atoms with E-state index in [-0.39, 0.29) is 5.75 Å². The number of nitriles is 1. The van der Waals surface area contributed by atoms with E-state index < -0.39 is 5.82 Å². The van der Waals surface area contributed by atoms with E-state index in [2.05, 4.69) is 0 Å². The summed E-state index contributed by atoms with van der Waals surface area (Å²) in [6, 6.07) is 6.00. The normalized spacial score (nSPS) is 10.2. The summed E-state index contributed by atoms with van der Waals surface area (Å²) in [6.07, 6.45) is 3.56. The average Bonchev–Trinajstić information content (AvgIpc) is 2.12. The molecule has 0 heterocycles. The minimum Gasteiger partial charge on any atom is -0.505 e. The van der Waals surface area contributed by atoms with Gasteiger partial charge in [-0.15, -0.1) is 0 Å². The van der Waals surface area contributed by atoms with Gasteiger partial charge in [-0.2, -0.15) is 5.26 Å². The highest BCUT2D eigenvalue weighted by molar-refractivity contribution is 5.51. The molecule has 1 N–H and O–H groups in total. The number of hydrogen-bond donors (Lipinski definition) is 1. The van der Waals surface area contributed by atoms with Gasteiger partial charge in [-0.25, -0.2) is 4.39 Å². The molecule has 66 valence electrons. The molecule has 0 aliphatic carbocycles. The van der Waals surface area contributed by atoms with Gasteiger partial charge < -0.3 is 5.11 Å². The van der Waals surface area contributed by atoms with E-state index in [1.165, 1.54) is 12.1 Å². The summed E-state index contributed by atoms with van der Waals surface area (Å²) in [4.78, 5) is 0. The predicted molar refractivity (Wildman–Crippen MR) is 47.3 cm³/mol. The summed E-state index contributed by atoms with van der Waals surface area (Å²) >= 11 is 0. The number of rotatable bonds is 2. The van der Waals surface area contributed by atoms with Crippen molar-refractivity contribution in [2.24, 2.45) is 0 Å². The van der Waals surface area contributed by atoms with Crippen LogP contribution in [-0.4, -0.2) is 5.11 Å². The second-order valence-electron chi connectivity index (χ2n) is 2.48. The van der Waals surface area contributed by atoms with Crippen molar-refractivity contribution in [1.29, 1.82) is 5.26 Å². The molecule has 1 aromatic carbocycles. The topological polar surface area (TPSA) is 44.0 Å². The summed E-state index contributed by atoms with van der Waals surface area (Å²) in [5, 5.41) is 17.1. The maximum Gasteiger partial charge on any atom is 0.165 e. The van der Waals surface area contributed by atoms with Gasteiger partial charge in [0, 0.05) is 0 Å². The van der Waals surface area contributed by atoms with Crippen LogP contribution < -0.4 is 0 Å². The lowest BCUT2D eigenvalue weighted by atomic mass is 10.2. The zero-order chi connectivity index (χ0) is 9.68. The third-order valence-electron chi connectivity index (χ3n) is 1.49. The molecule has 0 saturated carbocycles. The number of allylic oxidation sites excluding steroid dienone is 1. The number of phenolic OH excluding ortho intramolecular Hbond substituents is 1. The molecule has 2 nitrogen and oxygen atoms in total. The van der Waals surface area contributed by atoms with Crippen molar-refractivity contribution in [2.75, 3.05) is 0 Å². The van der Waals surface area contributed by atoms with Gasteiger partial charge in [-0.3, -0.25) is 0 Å². The first-order chi connectivity index (χ1) is 6.24. The van der Waals surface area contributed by atoms with Crippen molar-refractivity contribution in [1.82, 2.24) is 0 Å². The van der Waals surface area contributed by atoms with Crippen LogP contribution in [0.15, 0.2) is 24.3 Å². The van der Waals surface area contributed by atoms with Crippen LogP contribution in [-0.2, 0) is 0 Å². The summed E-state index contributed by atoms with van der Waals surface area (Å²) in [6.45, 7) is 0. The van der Waals surface area contributed by atoms with Crippen LogP contribution in [0, 0.1) is 17.1 Å². The van der Waals surface area contributed by atoms with Crippen molar-refractivity contribution in [2.45, 2.75) is 6.42 Å². The second kappa shape index (κ2) is 4.27. The van der Waals surface area contributed by atoms with Gasteiger partial charge in [0.1, 0.15) is 0 Å². The minimum atomic E-state index is -0.654. The molecular weight excluding hydrogens is 169 g/mol. The summed E-state index contributed by atoms with van der Waals surface area (Å²) in [5.41, 5.74) is 0.630. The maximum atomic E-state index is 12.7. The second-order valence-corrected chi connectivity index (χ2v) is 2.48. The third-order valence-corrected chi connectivity index (χ3v) is 1.49. The third kappa shape index (κ3) is 2.60. The van der Waals surface area contributed by atoms with Crippen molar-refractivity contribution >= 4 is 6.08 Å². The fourth-order valence-corrected chi connectivity index (χ4v) is 0.875. The fourth-order valence-electron chi connectivity index (χ4n) is 0.875. The molecule has 0 bridgehead atoms. The first-order valence-corrected chi connectivity index (χ1v) is 3.76. The molecule has 0 fully saturated rings. The van der Waals surface area contributed by atoms with E-state index in [4.69, 9.17) is 10.4 Å². The molecule has 0 aliphatic rings. The lowest BCUT2D eigenvalue weighted by Gasteiger charge is -1.95. The highest BCUT2D eigenvalue weighted by Crippen LogP contribution is 2.16. The number of aromatic hydroxyl groups is 1. The molecule has 3 heteroatoms. The monoisotopic (exact) mass is 177 g/mol. The number of nitrogens with zero attached hydrogens (tertiary/aromatic N) is 1. The summed E-state index contributed by atoms with van der Waals surface area (Å²) in [5.74, 6) is -1.02. The maximum absolute atomic E-state index is 12.7. The molecule has 13 heavy (non-hydrogen) atoms. The van der Waals surface area contributed by atoms with Gasteiger partial charge in [0.2, 0.25) is 0 Å². The molecule has 0 atom stereocenters. The Morgan fingerprint density at radius 3 is 2.92 bits per heavy atom. The Balaban J connectivity index is 2.81. The first-order valence-electron chi connectivity index (χ1n) is 3.76. The SMILES string of the molecule is N#CCC=Cc1ccc(O)c(F)c1. The molecular formula is C10H8FNO. The van der Waals surface area contributed by atoms with Crippen molar-refractivity contribution in [3.05, 3.63) is 35.7 Å². The molecule has 0 spiro atoms. The smallest absolute Gasteiger partial charge is 0.165 e. The van der Waals surface area contributed by atoms with Gasteiger partial charge in [-0.1, -0.05) is 18.2 Å². The highest BCUT2D eigenvalue weighted by atomic mass is 19.1. The van der Waals surface area contributed by atoms with E-state index in [1.807, 2.05) is 6.07 Å². The average molecular weight is 177 g/mol. The predicted octanol–water partition coefficient (Wildman–Crippen LogP) is 2.46. The van der Waals surface area contributed by atoms with Gasteiger partial charge in [0.15, 0.2) is 11.6 Å². The molecule has 0 radical (unpaired) electrons. The Labute approximate surface area is 75.6 Å². The Bertz CT molecular complexity index is 366. The van der Waals surface area contributed by atoms with Crippen LogP contribution in [0.4, 0.5) is 4.39 Å². The number of benzene rings is 1. The van der Waals surface area contributed by atoms with E-state index >= 15 is 0 Å². The summed E-state index contributed by atoms with van der Waals surface area (Å²) in [7, 11) is 0. The van der Waals surface area contributed by atoms with E-state index in [1.54, 1.807) is 18.2 Å².